The first-order valence-electron chi connectivity index (χ1n) is 6.41. The molecule has 0 aliphatic rings. The van der Waals surface area contributed by atoms with Crippen LogP contribution in [0.25, 0.3) is 0 Å². The molecule has 0 unspecified atom stereocenters. The number of nitrogens with zero attached hydrogens (tertiary/aromatic N) is 1. The van der Waals surface area contributed by atoms with Crippen molar-refractivity contribution in [2.75, 3.05) is 5.32 Å². The van der Waals surface area contributed by atoms with Gasteiger partial charge in [-0.25, -0.2) is 9.37 Å². The second-order valence-corrected chi connectivity index (χ2v) is 4.78. The number of H-pyrrole nitrogens is 1. The lowest BCUT2D eigenvalue weighted by atomic mass is 10.2. The van der Waals surface area contributed by atoms with Crippen molar-refractivity contribution in [2.24, 2.45) is 0 Å². The van der Waals surface area contributed by atoms with Crippen molar-refractivity contribution in [3.05, 3.63) is 46.8 Å². The fourth-order valence-electron chi connectivity index (χ4n) is 1.81. The van der Waals surface area contributed by atoms with Crippen molar-refractivity contribution >= 4 is 17.3 Å². The maximum atomic E-state index is 13.0. The molecular weight excluding hydrogens is 265 g/mol. The molecule has 2 rings (SSSR count). The van der Waals surface area contributed by atoms with Crippen molar-refractivity contribution in [3.63, 3.8) is 0 Å². The molecule has 0 spiro atoms. The van der Waals surface area contributed by atoms with E-state index < -0.39 is 0 Å². The number of anilines is 1. The van der Waals surface area contributed by atoms with Crippen LogP contribution in [0.3, 0.4) is 0 Å². The largest absolute Gasteiger partial charge is 0.379 e. The summed E-state index contributed by atoms with van der Waals surface area (Å²) in [6.07, 6.45) is 3.10. The van der Waals surface area contributed by atoms with Crippen LogP contribution in [-0.2, 0) is 13.0 Å². The van der Waals surface area contributed by atoms with Crippen LogP contribution in [0, 0.1) is 5.82 Å². The number of nitrogens with one attached hydrogen (secondary N) is 2. The number of rotatable bonds is 6. The maximum Gasteiger partial charge on any atom is 0.152 e. The molecular formula is C14H17ClFN3. The summed E-state index contributed by atoms with van der Waals surface area (Å²) >= 11 is 6.06. The number of imidazole rings is 1. The first kappa shape index (κ1) is 13.9. The molecule has 0 fully saturated rings. The molecule has 0 aliphatic carbocycles. The van der Waals surface area contributed by atoms with Gasteiger partial charge in [-0.15, -0.1) is 0 Å². The van der Waals surface area contributed by atoms with E-state index >= 15 is 0 Å². The maximum absolute atomic E-state index is 13.0. The fourth-order valence-corrected chi connectivity index (χ4v) is 2.02. The van der Waals surface area contributed by atoms with E-state index in [1.54, 1.807) is 6.07 Å². The summed E-state index contributed by atoms with van der Waals surface area (Å²) in [7, 11) is 0. The number of unbranched alkanes of at least 4 members (excludes halogenated alkanes) is 1. The Morgan fingerprint density at radius 3 is 3.00 bits per heavy atom. The number of halogens is 2. The van der Waals surface area contributed by atoms with E-state index in [9.17, 15) is 4.39 Å². The zero-order valence-electron chi connectivity index (χ0n) is 10.8. The van der Waals surface area contributed by atoms with Crippen LogP contribution in [0.2, 0.25) is 5.15 Å². The fraction of sp³-hybridized carbons (Fsp3) is 0.357. The molecule has 0 radical (unpaired) electrons. The second-order valence-electron chi connectivity index (χ2n) is 4.42. The summed E-state index contributed by atoms with van der Waals surface area (Å²) in [5.41, 5.74) is 1.55. The van der Waals surface area contributed by atoms with Crippen molar-refractivity contribution in [3.8, 4) is 0 Å². The number of hydrogen-bond donors (Lipinski definition) is 2. The Hall–Kier alpha value is -1.55. The third kappa shape index (κ3) is 3.96. The zero-order valence-corrected chi connectivity index (χ0v) is 11.6. The summed E-state index contributed by atoms with van der Waals surface area (Å²) < 4.78 is 13.0. The van der Waals surface area contributed by atoms with E-state index in [-0.39, 0.29) is 5.82 Å². The molecule has 2 N–H and O–H groups in total. The third-order valence-corrected chi connectivity index (χ3v) is 3.15. The molecule has 0 bridgehead atoms. The van der Waals surface area contributed by atoms with Gasteiger partial charge < -0.3 is 10.3 Å². The Kier molecular flexibility index (Phi) is 4.80. The Labute approximate surface area is 117 Å². The molecule has 0 atom stereocenters. The lowest BCUT2D eigenvalue weighted by Crippen LogP contribution is -2.00. The number of aromatic nitrogens is 2. The van der Waals surface area contributed by atoms with Gasteiger partial charge in [-0.2, -0.15) is 0 Å². The van der Waals surface area contributed by atoms with E-state index in [4.69, 9.17) is 11.6 Å². The van der Waals surface area contributed by atoms with Crippen LogP contribution in [0.15, 0.2) is 24.3 Å². The van der Waals surface area contributed by atoms with Crippen LogP contribution >= 0.6 is 11.6 Å². The molecule has 102 valence electrons. The number of aromatic amines is 1. The Morgan fingerprint density at radius 2 is 2.26 bits per heavy atom. The van der Waals surface area contributed by atoms with Gasteiger partial charge in [-0.3, -0.25) is 0 Å². The summed E-state index contributed by atoms with van der Waals surface area (Å²) in [5.74, 6) is 0.646. The minimum absolute atomic E-state index is 0.260. The molecule has 1 heterocycles. The van der Waals surface area contributed by atoms with Gasteiger partial charge in [0.2, 0.25) is 0 Å². The normalized spacial score (nSPS) is 10.7. The van der Waals surface area contributed by atoms with Gasteiger partial charge in [0, 0.05) is 12.1 Å². The van der Waals surface area contributed by atoms with Gasteiger partial charge >= 0.3 is 0 Å². The first-order chi connectivity index (χ1) is 9.19. The highest BCUT2D eigenvalue weighted by Crippen LogP contribution is 2.16. The topological polar surface area (TPSA) is 40.7 Å². The molecule has 2 aromatic rings. The summed E-state index contributed by atoms with van der Waals surface area (Å²) in [4.78, 5) is 7.48. The molecule has 5 heteroatoms. The van der Waals surface area contributed by atoms with E-state index in [1.165, 1.54) is 12.1 Å². The Morgan fingerprint density at radius 1 is 1.42 bits per heavy atom. The van der Waals surface area contributed by atoms with E-state index in [0.29, 0.717) is 11.7 Å². The molecule has 1 aromatic carbocycles. The Balaban J connectivity index is 1.97. The van der Waals surface area contributed by atoms with E-state index in [2.05, 4.69) is 22.2 Å². The van der Waals surface area contributed by atoms with Gasteiger partial charge in [-0.05, 0) is 24.6 Å². The van der Waals surface area contributed by atoms with Crippen LogP contribution in [-0.4, -0.2) is 9.97 Å². The summed E-state index contributed by atoms with van der Waals surface area (Å²) in [6.45, 7) is 2.64. The Bertz CT molecular complexity index is 539. The van der Waals surface area contributed by atoms with Gasteiger partial charge in [0.05, 0.1) is 12.2 Å². The zero-order chi connectivity index (χ0) is 13.7. The smallest absolute Gasteiger partial charge is 0.152 e. The number of aryl methyl sites for hydroxylation is 1. The summed E-state index contributed by atoms with van der Waals surface area (Å²) in [5, 5.41) is 3.60. The minimum Gasteiger partial charge on any atom is -0.379 e. The number of benzene rings is 1. The first-order valence-corrected chi connectivity index (χ1v) is 6.79. The minimum atomic E-state index is -0.260. The second kappa shape index (κ2) is 6.57. The van der Waals surface area contributed by atoms with E-state index in [0.717, 1.165) is 36.5 Å². The SMILES string of the molecule is CCCCc1nc(Cl)c(CNc2cccc(F)c2)[nH]1. The number of hydrogen-bond acceptors (Lipinski definition) is 2. The molecule has 1 aromatic heterocycles. The van der Waals surface area contributed by atoms with Crippen molar-refractivity contribution in [2.45, 2.75) is 32.7 Å². The average Bonchev–Trinajstić information content (AvgIpc) is 2.75. The highest BCUT2D eigenvalue weighted by Gasteiger charge is 2.07. The molecule has 0 saturated heterocycles. The third-order valence-electron chi connectivity index (χ3n) is 2.84. The molecule has 0 saturated carbocycles. The predicted molar refractivity (Wildman–Crippen MR) is 75.9 cm³/mol. The van der Waals surface area contributed by atoms with Crippen LogP contribution in [0.4, 0.5) is 10.1 Å². The monoisotopic (exact) mass is 281 g/mol. The lowest BCUT2D eigenvalue weighted by Gasteiger charge is -2.04. The van der Waals surface area contributed by atoms with Crippen molar-refractivity contribution in [1.29, 1.82) is 0 Å². The van der Waals surface area contributed by atoms with Crippen LogP contribution in [0.1, 0.15) is 31.3 Å². The molecule has 19 heavy (non-hydrogen) atoms. The van der Waals surface area contributed by atoms with E-state index in [1.807, 2.05) is 6.07 Å². The average molecular weight is 282 g/mol. The molecule has 0 amide bonds. The van der Waals surface area contributed by atoms with Crippen LogP contribution in [0.5, 0.6) is 0 Å². The van der Waals surface area contributed by atoms with Gasteiger partial charge in [0.25, 0.3) is 0 Å². The standard InChI is InChI=1S/C14H17ClFN3/c1-2-3-7-13-18-12(14(15)19-13)9-17-11-6-4-5-10(16)8-11/h4-6,8,17H,2-3,7,9H2,1H3,(H,18,19). The van der Waals surface area contributed by atoms with Gasteiger partial charge in [-0.1, -0.05) is 31.0 Å². The van der Waals surface area contributed by atoms with Crippen LogP contribution < -0.4 is 5.32 Å². The lowest BCUT2D eigenvalue weighted by molar-refractivity contribution is 0.628. The highest BCUT2D eigenvalue weighted by molar-refractivity contribution is 6.30. The molecule has 3 nitrogen and oxygen atoms in total. The van der Waals surface area contributed by atoms with Crippen molar-refractivity contribution in [1.82, 2.24) is 9.97 Å². The summed E-state index contributed by atoms with van der Waals surface area (Å²) in [6, 6.07) is 6.34. The van der Waals surface area contributed by atoms with Gasteiger partial charge in [0.15, 0.2) is 5.15 Å². The predicted octanol–water partition coefficient (Wildman–Crippen LogP) is 4.16. The van der Waals surface area contributed by atoms with Crippen molar-refractivity contribution < 1.29 is 4.39 Å². The molecule has 0 aliphatic heterocycles. The van der Waals surface area contributed by atoms with Gasteiger partial charge in [0.1, 0.15) is 11.6 Å². The highest BCUT2D eigenvalue weighted by atomic mass is 35.5. The quantitative estimate of drug-likeness (QED) is 0.835.